The lowest BCUT2D eigenvalue weighted by molar-refractivity contribution is 0.174. The Labute approximate surface area is 102 Å². The van der Waals surface area contributed by atoms with Crippen LogP contribution in [0.15, 0.2) is 18.2 Å². The molecule has 2 heterocycles. The molecule has 2 aliphatic rings. The fourth-order valence-electron chi connectivity index (χ4n) is 2.34. The second kappa shape index (κ2) is 4.84. The Bertz CT molecular complexity index is 387. The first-order chi connectivity index (χ1) is 8.43. The number of nitrogens with zero attached hydrogens (tertiary/aromatic N) is 1. The number of rotatable bonds is 1. The average Bonchev–Trinajstić information content (AvgIpc) is 2.75. The SMILES string of the molecule is c1cc2c(cc1N1CCCCNCC1)OCO2. The summed E-state index contributed by atoms with van der Waals surface area (Å²) in [6.07, 6.45) is 2.49. The molecule has 0 spiro atoms. The van der Waals surface area contributed by atoms with Crippen molar-refractivity contribution in [2.45, 2.75) is 12.8 Å². The van der Waals surface area contributed by atoms with Gasteiger partial charge in [-0.05, 0) is 31.5 Å². The minimum absolute atomic E-state index is 0.348. The summed E-state index contributed by atoms with van der Waals surface area (Å²) in [4.78, 5) is 2.41. The quantitative estimate of drug-likeness (QED) is 0.800. The molecule has 3 rings (SSSR count). The molecular formula is C13H18N2O2. The van der Waals surface area contributed by atoms with E-state index in [1.54, 1.807) is 0 Å². The van der Waals surface area contributed by atoms with Crippen molar-refractivity contribution in [2.24, 2.45) is 0 Å². The summed E-state index contributed by atoms with van der Waals surface area (Å²) < 4.78 is 10.8. The zero-order valence-electron chi connectivity index (χ0n) is 9.95. The van der Waals surface area contributed by atoms with Crippen LogP contribution in [-0.2, 0) is 0 Å². The normalized spacial score (nSPS) is 19.9. The van der Waals surface area contributed by atoms with Gasteiger partial charge in [-0.3, -0.25) is 0 Å². The van der Waals surface area contributed by atoms with Crippen molar-refractivity contribution in [3.63, 3.8) is 0 Å². The lowest BCUT2D eigenvalue weighted by Gasteiger charge is -2.27. The van der Waals surface area contributed by atoms with Gasteiger partial charge in [-0.1, -0.05) is 0 Å². The molecule has 0 bridgehead atoms. The van der Waals surface area contributed by atoms with Gasteiger partial charge in [-0.2, -0.15) is 0 Å². The van der Waals surface area contributed by atoms with Crippen LogP contribution in [-0.4, -0.2) is 33.0 Å². The van der Waals surface area contributed by atoms with Gasteiger partial charge >= 0.3 is 0 Å². The van der Waals surface area contributed by atoms with Gasteiger partial charge in [0.25, 0.3) is 0 Å². The molecule has 1 fully saturated rings. The highest BCUT2D eigenvalue weighted by Gasteiger charge is 2.16. The largest absolute Gasteiger partial charge is 0.454 e. The molecule has 17 heavy (non-hydrogen) atoms. The number of anilines is 1. The fourth-order valence-corrected chi connectivity index (χ4v) is 2.34. The van der Waals surface area contributed by atoms with E-state index >= 15 is 0 Å². The van der Waals surface area contributed by atoms with Crippen LogP contribution in [0.5, 0.6) is 11.5 Å². The third-order valence-electron chi connectivity index (χ3n) is 3.31. The first-order valence-corrected chi connectivity index (χ1v) is 6.29. The van der Waals surface area contributed by atoms with Crippen molar-refractivity contribution in [3.05, 3.63) is 18.2 Å². The summed E-state index contributed by atoms with van der Waals surface area (Å²) in [5.74, 6) is 1.73. The second-order valence-corrected chi connectivity index (χ2v) is 4.48. The third kappa shape index (κ3) is 2.31. The van der Waals surface area contributed by atoms with E-state index in [1.165, 1.54) is 18.5 Å². The Kier molecular flexibility index (Phi) is 3.05. The number of hydrogen-bond acceptors (Lipinski definition) is 4. The summed E-state index contributed by atoms with van der Waals surface area (Å²) in [6, 6.07) is 6.21. The molecule has 2 aliphatic heterocycles. The average molecular weight is 234 g/mol. The number of ether oxygens (including phenoxy) is 2. The molecule has 1 aromatic carbocycles. The highest BCUT2D eigenvalue weighted by atomic mass is 16.7. The van der Waals surface area contributed by atoms with Crippen molar-refractivity contribution in [1.29, 1.82) is 0 Å². The summed E-state index contributed by atoms with van der Waals surface area (Å²) in [5.41, 5.74) is 1.23. The van der Waals surface area contributed by atoms with E-state index in [1.807, 2.05) is 6.07 Å². The van der Waals surface area contributed by atoms with Crippen LogP contribution in [0.1, 0.15) is 12.8 Å². The molecule has 0 radical (unpaired) electrons. The minimum atomic E-state index is 0.348. The second-order valence-electron chi connectivity index (χ2n) is 4.48. The first kappa shape index (κ1) is 10.7. The summed E-state index contributed by atoms with van der Waals surface area (Å²) in [5, 5.41) is 3.44. The van der Waals surface area contributed by atoms with E-state index in [9.17, 15) is 0 Å². The monoisotopic (exact) mass is 234 g/mol. The zero-order valence-corrected chi connectivity index (χ0v) is 9.95. The highest BCUT2D eigenvalue weighted by Crippen LogP contribution is 2.35. The van der Waals surface area contributed by atoms with Crippen LogP contribution in [0.3, 0.4) is 0 Å². The Morgan fingerprint density at radius 1 is 1.00 bits per heavy atom. The van der Waals surface area contributed by atoms with E-state index in [-0.39, 0.29) is 0 Å². The van der Waals surface area contributed by atoms with Crippen LogP contribution in [0, 0.1) is 0 Å². The fraction of sp³-hybridized carbons (Fsp3) is 0.538. The molecule has 0 aliphatic carbocycles. The summed E-state index contributed by atoms with van der Waals surface area (Å²) >= 11 is 0. The maximum atomic E-state index is 5.42. The number of nitrogens with one attached hydrogen (secondary N) is 1. The Morgan fingerprint density at radius 3 is 2.94 bits per heavy atom. The van der Waals surface area contributed by atoms with Crippen LogP contribution < -0.4 is 19.7 Å². The molecule has 0 saturated carbocycles. The highest BCUT2D eigenvalue weighted by molar-refractivity contribution is 5.57. The smallest absolute Gasteiger partial charge is 0.231 e. The minimum Gasteiger partial charge on any atom is -0.454 e. The first-order valence-electron chi connectivity index (χ1n) is 6.29. The zero-order chi connectivity index (χ0) is 11.5. The lowest BCUT2D eigenvalue weighted by atomic mass is 10.2. The summed E-state index contributed by atoms with van der Waals surface area (Å²) in [6.45, 7) is 4.73. The molecule has 0 atom stereocenters. The molecule has 0 aromatic heterocycles. The summed E-state index contributed by atoms with van der Waals surface area (Å²) in [7, 11) is 0. The lowest BCUT2D eigenvalue weighted by Crippen LogP contribution is -2.36. The topological polar surface area (TPSA) is 33.7 Å². The number of hydrogen-bond donors (Lipinski definition) is 1. The maximum Gasteiger partial charge on any atom is 0.231 e. The Morgan fingerprint density at radius 2 is 1.94 bits per heavy atom. The number of benzene rings is 1. The molecule has 92 valence electrons. The van der Waals surface area contributed by atoms with Crippen LogP contribution in [0.2, 0.25) is 0 Å². The predicted octanol–water partition coefficient (Wildman–Crippen LogP) is 1.61. The van der Waals surface area contributed by atoms with Crippen molar-refractivity contribution >= 4 is 5.69 Å². The molecule has 0 amide bonds. The van der Waals surface area contributed by atoms with E-state index in [4.69, 9.17) is 9.47 Å². The molecule has 1 N–H and O–H groups in total. The van der Waals surface area contributed by atoms with Gasteiger partial charge in [0.1, 0.15) is 0 Å². The molecule has 0 unspecified atom stereocenters. The molecular weight excluding hydrogens is 216 g/mol. The predicted molar refractivity (Wildman–Crippen MR) is 66.9 cm³/mol. The van der Waals surface area contributed by atoms with Crippen LogP contribution in [0.25, 0.3) is 0 Å². The van der Waals surface area contributed by atoms with Gasteiger partial charge in [0.15, 0.2) is 11.5 Å². The van der Waals surface area contributed by atoms with Gasteiger partial charge in [0, 0.05) is 31.4 Å². The number of fused-ring (bicyclic) bond motifs is 1. The van der Waals surface area contributed by atoms with Crippen LogP contribution >= 0.6 is 0 Å². The molecule has 4 nitrogen and oxygen atoms in total. The third-order valence-corrected chi connectivity index (χ3v) is 3.31. The van der Waals surface area contributed by atoms with Gasteiger partial charge in [0.2, 0.25) is 6.79 Å². The van der Waals surface area contributed by atoms with Crippen molar-refractivity contribution in [2.75, 3.05) is 37.9 Å². The van der Waals surface area contributed by atoms with E-state index in [0.717, 1.165) is 37.7 Å². The van der Waals surface area contributed by atoms with Gasteiger partial charge in [-0.25, -0.2) is 0 Å². The van der Waals surface area contributed by atoms with E-state index < -0.39 is 0 Å². The van der Waals surface area contributed by atoms with Crippen molar-refractivity contribution < 1.29 is 9.47 Å². The van der Waals surface area contributed by atoms with Crippen molar-refractivity contribution in [3.8, 4) is 11.5 Å². The van der Waals surface area contributed by atoms with Crippen LogP contribution in [0.4, 0.5) is 5.69 Å². The van der Waals surface area contributed by atoms with Gasteiger partial charge in [-0.15, -0.1) is 0 Å². The van der Waals surface area contributed by atoms with Gasteiger partial charge < -0.3 is 19.7 Å². The molecule has 1 aromatic rings. The van der Waals surface area contributed by atoms with E-state index in [2.05, 4.69) is 22.3 Å². The molecule has 4 heteroatoms. The van der Waals surface area contributed by atoms with Gasteiger partial charge in [0.05, 0.1) is 0 Å². The molecule has 1 saturated heterocycles. The van der Waals surface area contributed by atoms with Crippen molar-refractivity contribution in [1.82, 2.24) is 5.32 Å². The Hall–Kier alpha value is -1.42. The standard InChI is InChI=1S/C13H18N2O2/c1-2-7-15(8-6-14-5-1)11-3-4-12-13(9-11)17-10-16-12/h3-4,9,14H,1-2,5-8,10H2. The van der Waals surface area contributed by atoms with E-state index in [0.29, 0.717) is 6.79 Å². The Balaban J connectivity index is 1.77. The maximum absolute atomic E-state index is 5.42.